The fraction of sp³-hybridized carbons (Fsp3) is 0.167. The molecule has 0 unspecified atom stereocenters. The van der Waals surface area contributed by atoms with Crippen LogP contribution in [0.3, 0.4) is 0 Å². The molecule has 0 atom stereocenters. The van der Waals surface area contributed by atoms with E-state index in [-0.39, 0.29) is 5.57 Å². The summed E-state index contributed by atoms with van der Waals surface area (Å²) in [5.74, 6) is -0.510. The number of barbiturate groups is 1. The van der Waals surface area contributed by atoms with Crippen LogP contribution >= 0.6 is 0 Å². The third-order valence-corrected chi connectivity index (χ3v) is 3.73. The van der Waals surface area contributed by atoms with Gasteiger partial charge in [0.2, 0.25) is 0 Å². The number of imide groups is 2. The highest BCUT2D eigenvalue weighted by atomic mass is 16.4. The van der Waals surface area contributed by atoms with Crippen molar-refractivity contribution in [2.75, 3.05) is 23.9 Å². The van der Waals surface area contributed by atoms with Gasteiger partial charge in [-0.25, -0.2) is 9.69 Å². The van der Waals surface area contributed by atoms with Crippen molar-refractivity contribution in [1.29, 1.82) is 0 Å². The molecule has 2 heterocycles. The first-order valence-electron chi connectivity index (χ1n) is 7.62. The molecule has 1 fully saturated rings. The minimum Gasteiger partial charge on any atom is -0.441 e. The number of hydrogen-bond acceptors (Lipinski definition) is 5. The Morgan fingerprint density at radius 1 is 1.04 bits per heavy atom. The zero-order chi connectivity index (χ0) is 18.1. The number of rotatable bonds is 3. The minimum absolute atomic E-state index is 0.167. The van der Waals surface area contributed by atoms with E-state index in [2.05, 4.69) is 5.32 Å². The zero-order valence-electron chi connectivity index (χ0n) is 14.1. The smallest absolute Gasteiger partial charge is 0.335 e. The lowest BCUT2D eigenvalue weighted by Gasteiger charge is -2.26. The average Bonchev–Trinajstić information content (AvgIpc) is 3.02. The van der Waals surface area contributed by atoms with Crippen molar-refractivity contribution >= 4 is 35.5 Å². The molecule has 2 aromatic rings. The van der Waals surface area contributed by atoms with Crippen LogP contribution in [-0.4, -0.2) is 31.9 Å². The molecule has 0 radical (unpaired) electrons. The Morgan fingerprint density at radius 3 is 2.32 bits per heavy atom. The van der Waals surface area contributed by atoms with Crippen LogP contribution in [0.25, 0.3) is 6.08 Å². The van der Waals surface area contributed by atoms with Gasteiger partial charge in [0.1, 0.15) is 11.3 Å². The van der Waals surface area contributed by atoms with E-state index < -0.39 is 17.8 Å². The van der Waals surface area contributed by atoms with E-state index in [9.17, 15) is 14.4 Å². The van der Waals surface area contributed by atoms with E-state index in [1.807, 2.05) is 21.0 Å². The summed E-state index contributed by atoms with van der Waals surface area (Å²) in [6.07, 6.45) is 1.33. The number of anilines is 2. The van der Waals surface area contributed by atoms with Crippen molar-refractivity contribution in [3.63, 3.8) is 0 Å². The summed E-state index contributed by atoms with van der Waals surface area (Å²) >= 11 is 0. The highest BCUT2D eigenvalue weighted by Crippen LogP contribution is 2.24. The van der Waals surface area contributed by atoms with Crippen molar-refractivity contribution in [2.24, 2.45) is 0 Å². The van der Waals surface area contributed by atoms with Gasteiger partial charge < -0.3 is 9.32 Å². The number of carbonyl (C=O) groups excluding carboxylic acids is 3. The van der Waals surface area contributed by atoms with Crippen LogP contribution in [0.1, 0.15) is 11.3 Å². The number of hydrogen-bond donors (Lipinski definition) is 1. The number of urea groups is 1. The van der Waals surface area contributed by atoms with Gasteiger partial charge in [-0.15, -0.1) is 0 Å². The molecule has 0 saturated carbocycles. The monoisotopic (exact) mass is 339 g/mol. The van der Waals surface area contributed by atoms with Crippen LogP contribution in [0.4, 0.5) is 16.4 Å². The Balaban J connectivity index is 1.97. The summed E-state index contributed by atoms with van der Waals surface area (Å²) in [5.41, 5.74) is 1.21. The molecule has 1 aromatic heterocycles. The average molecular weight is 339 g/mol. The number of amides is 4. The first-order valence-corrected chi connectivity index (χ1v) is 7.62. The number of benzene rings is 1. The topological polar surface area (TPSA) is 82.9 Å². The standard InChI is InChI=1S/C18H17N3O4/c1-11-4-6-12(7-5-11)21-17(23)14(16(22)19-18(21)24)10-13-8-9-15(25-13)20(2)3/h4-10H,1-3H3,(H,19,22,24). The van der Waals surface area contributed by atoms with E-state index in [1.54, 1.807) is 41.3 Å². The Morgan fingerprint density at radius 2 is 1.72 bits per heavy atom. The lowest BCUT2D eigenvalue weighted by molar-refractivity contribution is -0.122. The van der Waals surface area contributed by atoms with E-state index in [4.69, 9.17) is 4.42 Å². The lowest BCUT2D eigenvalue weighted by atomic mass is 10.1. The second-order valence-corrected chi connectivity index (χ2v) is 5.86. The summed E-state index contributed by atoms with van der Waals surface area (Å²) in [6.45, 7) is 1.90. The normalized spacial score (nSPS) is 16.4. The quantitative estimate of drug-likeness (QED) is 0.685. The number of nitrogens with zero attached hydrogens (tertiary/aromatic N) is 2. The van der Waals surface area contributed by atoms with Crippen LogP contribution in [0, 0.1) is 6.92 Å². The number of furan rings is 1. The van der Waals surface area contributed by atoms with Crippen LogP contribution < -0.4 is 15.1 Å². The molecule has 7 heteroatoms. The molecule has 3 rings (SSSR count). The summed E-state index contributed by atoms with van der Waals surface area (Å²) < 4.78 is 5.54. The second-order valence-electron chi connectivity index (χ2n) is 5.86. The van der Waals surface area contributed by atoms with Crippen LogP contribution in [0.15, 0.2) is 46.4 Å². The third-order valence-electron chi connectivity index (χ3n) is 3.73. The first kappa shape index (κ1) is 16.5. The Hall–Kier alpha value is -3.35. The van der Waals surface area contributed by atoms with Gasteiger partial charge in [-0.05, 0) is 31.2 Å². The predicted molar refractivity (Wildman–Crippen MR) is 93.2 cm³/mol. The SMILES string of the molecule is Cc1ccc(N2C(=O)NC(=O)C(=Cc3ccc(N(C)C)o3)C2=O)cc1. The summed E-state index contributed by atoms with van der Waals surface area (Å²) in [4.78, 5) is 39.6. The number of aryl methyl sites for hydroxylation is 1. The van der Waals surface area contributed by atoms with Gasteiger partial charge in [-0.1, -0.05) is 17.7 Å². The molecule has 25 heavy (non-hydrogen) atoms. The summed E-state index contributed by atoms with van der Waals surface area (Å²) in [5, 5.41) is 2.18. The lowest BCUT2D eigenvalue weighted by Crippen LogP contribution is -2.54. The molecule has 1 saturated heterocycles. The minimum atomic E-state index is -0.774. The number of carbonyl (C=O) groups is 3. The third kappa shape index (κ3) is 3.16. The Labute approximate surface area is 144 Å². The maximum absolute atomic E-state index is 12.7. The van der Waals surface area contributed by atoms with Gasteiger partial charge in [-0.2, -0.15) is 0 Å². The molecule has 0 aliphatic carbocycles. The van der Waals surface area contributed by atoms with E-state index in [0.717, 1.165) is 10.5 Å². The first-order chi connectivity index (χ1) is 11.9. The number of nitrogens with one attached hydrogen (secondary N) is 1. The van der Waals surface area contributed by atoms with Gasteiger partial charge in [0.25, 0.3) is 11.8 Å². The Kier molecular flexibility index (Phi) is 4.14. The molecule has 0 bridgehead atoms. The van der Waals surface area contributed by atoms with Crippen molar-refractivity contribution in [1.82, 2.24) is 5.32 Å². The van der Waals surface area contributed by atoms with E-state index >= 15 is 0 Å². The van der Waals surface area contributed by atoms with E-state index in [0.29, 0.717) is 17.3 Å². The van der Waals surface area contributed by atoms with Gasteiger partial charge >= 0.3 is 6.03 Å². The van der Waals surface area contributed by atoms with E-state index in [1.165, 1.54) is 6.08 Å². The second kappa shape index (κ2) is 6.27. The highest BCUT2D eigenvalue weighted by Gasteiger charge is 2.37. The van der Waals surface area contributed by atoms with Gasteiger partial charge in [0, 0.05) is 20.2 Å². The molecule has 128 valence electrons. The largest absolute Gasteiger partial charge is 0.441 e. The van der Waals surface area contributed by atoms with Crippen LogP contribution in [-0.2, 0) is 9.59 Å². The molecule has 1 N–H and O–H groups in total. The van der Waals surface area contributed by atoms with Crippen molar-refractivity contribution in [2.45, 2.75) is 6.92 Å². The molecular weight excluding hydrogens is 322 g/mol. The maximum atomic E-state index is 12.7. The predicted octanol–water partition coefficient (Wildman–Crippen LogP) is 2.32. The fourth-order valence-corrected chi connectivity index (χ4v) is 2.39. The zero-order valence-corrected chi connectivity index (χ0v) is 14.1. The van der Waals surface area contributed by atoms with Crippen molar-refractivity contribution < 1.29 is 18.8 Å². The highest BCUT2D eigenvalue weighted by molar-refractivity contribution is 6.39. The molecule has 0 spiro atoms. The summed E-state index contributed by atoms with van der Waals surface area (Å²) in [7, 11) is 3.62. The molecule has 1 aliphatic rings. The summed E-state index contributed by atoms with van der Waals surface area (Å²) in [6, 6.07) is 9.46. The van der Waals surface area contributed by atoms with Gasteiger partial charge in [0.15, 0.2) is 5.88 Å². The molecule has 4 amide bonds. The Bertz CT molecular complexity index is 878. The molecular formula is C18H17N3O4. The van der Waals surface area contributed by atoms with Crippen molar-refractivity contribution in [3.8, 4) is 0 Å². The van der Waals surface area contributed by atoms with Gasteiger partial charge in [0.05, 0.1) is 5.69 Å². The molecule has 7 nitrogen and oxygen atoms in total. The van der Waals surface area contributed by atoms with Crippen LogP contribution in [0.2, 0.25) is 0 Å². The van der Waals surface area contributed by atoms with Crippen molar-refractivity contribution in [3.05, 3.63) is 53.3 Å². The van der Waals surface area contributed by atoms with Crippen LogP contribution in [0.5, 0.6) is 0 Å². The van der Waals surface area contributed by atoms with Gasteiger partial charge in [-0.3, -0.25) is 14.9 Å². The molecule has 1 aromatic carbocycles. The fourth-order valence-electron chi connectivity index (χ4n) is 2.39. The maximum Gasteiger partial charge on any atom is 0.335 e. The molecule has 1 aliphatic heterocycles.